The van der Waals surface area contributed by atoms with E-state index in [4.69, 9.17) is 0 Å². The molecule has 3 atom stereocenters. The molecule has 3 rings (SSSR count). The summed E-state index contributed by atoms with van der Waals surface area (Å²) >= 11 is 0. The monoisotopic (exact) mass is 291 g/mol. The first-order valence-corrected chi connectivity index (χ1v) is 7.29. The van der Waals surface area contributed by atoms with Gasteiger partial charge in [-0.15, -0.1) is 0 Å². The summed E-state index contributed by atoms with van der Waals surface area (Å²) in [6.45, 7) is 2.10. The lowest BCUT2D eigenvalue weighted by Gasteiger charge is -2.24. The van der Waals surface area contributed by atoms with Crippen molar-refractivity contribution in [1.82, 2.24) is 4.90 Å². The fourth-order valence-electron chi connectivity index (χ4n) is 3.72. The molecule has 0 radical (unpaired) electrons. The summed E-state index contributed by atoms with van der Waals surface area (Å²) in [7, 11) is 0. The van der Waals surface area contributed by atoms with Gasteiger partial charge in [-0.25, -0.2) is 9.18 Å². The van der Waals surface area contributed by atoms with E-state index >= 15 is 0 Å². The molecule has 4 nitrogen and oxygen atoms in total. The standard InChI is InChI=1S/C16H18FNO3/c1-9-5-6-10(7-13(9)17)15(19)18-8-11-3-2-4-12(11)14(18)16(20)21/h5-7,11-12,14H,2-4,8H2,1H3,(H,20,21). The first-order chi connectivity index (χ1) is 9.99. The van der Waals surface area contributed by atoms with Gasteiger partial charge in [0, 0.05) is 12.1 Å². The average Bonchev–Trinajstić information content (AvgIpc) is 3.00. The van der Waals surface area contributed by atoms with E-state index in [1.54, 1.807) is 19.1 Å². The van der Waals surface area contributed by atoms with E-state index in [2.05, 4.69) is 0 Å². The zero-order valence-electron chi connectivity index (χ0n) is 11.9. The van der Waals surface area contributed by atoms with Gasteiger partial charge in [-0.3, -0.25) is 4.79 Å². The van der Waals surface area contributed by atoms with Crippen molar-refractivity contribution in [2.24, 2.45) is 11.8 Å². The predicted octanol–water partition coefficient (Wildman–Crippen LogP) is 2.46. The quantitative estimate of drug-likeness (QED) is 0.910. The van der Waals surface area contributed by atoms with Crippen LogP contribution in [0.3, 0.4) is 0 Å². The van der Waals surface area contributed by atoms with Gasteiger partial charge in [0.2, 0.25) is 0 Å². The maximum Gasteiger partial charge on any atom is 0.326 e. The first kappa shape index (κ1) is 14.0. The Morgan fingerprint density at radius 1 is 1.33 bits per heavy atom. The number of rotatable bonds is 2. The largest absolute Gasteiger partial charge is 0.480 e. The van der Waals surface area contributed by atoms with Crippen LogP contribution in [-0.4, -0.2) is 34.5 Å². The lowest BCUT2D eigenvalue weighted by Crippen LogP contribution is -2.43. The normalized spacial score (nSPS) is 27.7. The van der Waals surface area contributed by atoms with Crippen LogP contribution in [0.5, 0.6) is 0 Å². The number of carboxylic acids is 1. The second-order valence-corrected chi connectivity index (χ2v) is 6.06. The van der Waals surface area contributed by atoms with Gasteiger partial charge in [0.05, 0.1) is 0 Å². The summed E-state index contributed by atoms with van der Waals surface area (Å²) in [6, 6.07) is 3.54. The van der Waals surface area contributed by atoms with Gasteiger partial charge in [-0.2, -0.15) is 0 Å². The van der Waals surface area contributed by atoms with E-state index in [-0.39, 0.29) is 23.3 Å². The number of fused-ring (bicyclic) bond motifs is 1. The number of nitrogens with zero attached hydrogens (tertiary/aromatic N) is 1. The molecule has 21 heavy (non-hydrogen) atoms. The van der Waals surface area contributed by atoms with Crippen molar-refractivity contribution in [2.45, 2.75) is 32.2 Å². The van der Waals surface area contributed by atoms with Crippen molar-refractivity contribution >= 4 is 11.9 Å². The molecule has 1 amide bonds. The van der Waals surface area contributed by atoms with Crippen molar-refractivity contribution in [3.8, 4) is 0 Å². The lowest BCUT2D eigenvalue weighted by molar-refractivity contribution is -0.142. The molecule has 2 fully saturated rings. The van der Waals surface area contributed by atoms with Crippen molar-refractivity contribution in [3.63, 3.8) is 0 Å². The van der Waals surface area contributed by atoms with Crippen LogP contribution in [0, 0.1) is 24.6 Å². The third-order valence-corrected chi connectivity index (χ3v) is 4.82. The molecule has 112 valence electrons. The van der Waals surface area contributed by atoms with Crippen molar-refractivity contribution in [1.29, 1.82) is 0 Å². The smallest absolute Gasteiger partial charge is 0.326 e. The van der Waals surface area contributed by atoms with Crippen LogP contribution in [0.1, 0.15) is 35.2 Å². The molecule has 1 saturated carbocycles. The van der Waals surface area contributed by atoms with Gasteiger partial charge >= 0.3 is 5.97 Å². The Bertz CT molecular complexity index is 601. The summed E-state index contributed by atoms with van der Waals surface area (Å²) in [5.41, 5.74) is 0.698. The van der Waals surface area contributed by atoms with E-state index in [9.17, 15) is 19.1 Å². The molecule has 1 aromatic carbocycles. The van der Waals surface area contributed by atoms with Gasteiger partial charge in [0.1, 0.15) is 11.9 Å². The van der Waals surface area contributed by atoms with E-state index < -0.39 is 17.8 Å². The number of aliphatic carboxylic acids is 1. The SMILES string of the molecule is Cc1ccc(C(=O)N2CC3CCCC3C2C(=O)O)cc1F. The highest BCUT2D eigenvalue weighted by atomic mass is 19.1. The number of hydrogen-bond donors (Lipinski definition) is 1. The first-order valence-electron chi connectivity index (χ1n) is 7.29. The molecule has 0 aromatic heterocycles. The van der Waals surface area contributed by atoms with Crippen LogP contribution in [0.25, 0.3) is 0 Å². The third kappa shape index (κ3) is 2.30. The van der Waals surface area contributed by atoms with Gasteiger partial charge in [-0.1, -0.05) is 12.5 Å². The Hall–Kier alpha value is -1.91. The topological polar surface area (TPSA) is 57.6 Å². The van der Waals surface area contributed by atoms with Crippen LogP contribution in [0.4, 0.5) is 4.39 Å². The second-order valence-electron chi connectivity index (χ2n) is 6.06. The lowest BCUT2D eigenvalue weighted by atomic mass is 9.94. The Kier molecular flexibility index (Phi) is 3.43. The average molecular weight is 291 g/mol. The highest BCUT2D eigenvalue weighted by Gasteiger charge is 2.49. The fourth-order valence-corrected chi connectivity index (χ4v) is 3.72. The minimum atomic E-state index is -0.953. The molecule has 1 saturated heterocycles. The number of amides is 1. The molecule has 3 unspecified atom stereocenters. The van der Waals surface area contributed by atoms with Crippen molar-refractivity contribution < 1.29 is 19.1 Å². The summed E-state index contributed by atoms with van der Waals surface area (Å²) in [5, 5.41) is 9.46. The third-order valence-electron chi connectivity index (χ3n) is 4.82. The minimum absolute atomic E-state index is 0.0433. The zero-order valence-corrected chi connectivity index (χ0v) is 11.9. The Labute approximate surface area is 122 Å². The maximum absolute atomic E-state index is 13.6. The highest BCUT2D eigenvalue weighted by molar-refractivity contribution is 5.97. The Balaban J connectivity index is 1.89. The van der Waals surface area contributed by atoms with Crippen LogP contribution < -0.4 is 0 Å². The van der Waals surface area contributed by atoms with Crippen molar-refractivity contribution in [3.05, 3.63) is 35.1 Å². The molecule has 2 aliphatic rings. The van der Waals surface area contributed by atoms with E-state index in [1.165, 1.54) is 11.0 Å². The molecule has 0 bridgehead atoms. The number of benzene rings is 1. The Morgan fingerprint density at radius 2 is 2.10 bits per heavy atom. The molecule has 1 aliphatic carbocycles. The van der Waals surface area contributed by atoms with Crippen LogP contribution in [-0.2, 0) is 4.79 Å². The molecular formula is C16H18FNO3. The summed E-state index contributed by atoms with van der Waals surface area (Å²) in [6.07, 6.45) is 2.86. The molecular weight excluding hydrogens is 273 g/mol. The number of halogens is 1. The zero-order chi connectivity index (χ0) is 15.1. The number of carboxylic acid groups (broad SMARTS) is 1. The molecule has 1 aliphatic heterocycles. The molecule has 1 aromatic rings. The van der Waals surface area contributed by atoms with E-state index in [0.717, 1.165) is 19.3 Å². The fraction of sp³-hybridized carbons (Fsp3) is 0.500. The Morgan fingerprint density at radius 3 is 2.76 bits per heavy atom. The molecule has 0 spiro atoms. The van der Waals surface area contributed by atoms with Crippen LogP contribution in [0.15, 0.2) is 18.2 Å². The van der Waals surface area contributed by atoms with Gasteiger partial charge in [-0.05, 0) is 49.3 Å². The van der Waals surface area contributed by atoms with Crippen LogP contribution in [0.2, 0.25) is 0 Å². The van der Waals surface area contributed by atoms with Crippen molar-refractivity contribution in [2.75, 3.05) is 6.54 Å². The number of likely N-dealkylation sites (tertiary alicyclic amines) is 1. The number of carbonyl (C=O) groups is 2. The molecule has 5 heteroatoms. The predicted molar refractivity (Wildman–Crippen MR) is 74.4 cm³/mol. The summed E-state index contributed by atoms with van der Waals surface area (Å²) in [5.74, 6) is -1.46. The number of aryl methyl sites for hydroxylation is 1. The van der Waals surface area contributed by atoms with E-state index in [0.29, 0.717) is 12.1 Å². The van der Waals surface area contributed by atoms with Crippen LogP contribution >= 0.6 is 0 Å². The number of hydrogen-bond acceptors (Lipinski definition) is 2. The number of carbonyl (C=O) groups excluding carboxylic acids is 1. The summed E-state index contributed by atoms with van der Waals surface area (Å²) < 4.78 is 13.6. The summed E-state index contributed by atoms with van der Waals surface area (Å²) in [4.78, 5) is 25.5. The van der Waals surface area contributed by atoms with Gasteiger partial charge in [0.15, 0.2) is 0 Å². The van der Waals surface area contributed by atoms with E-state index in [1.807, 2.05) is 0 Å². The van der Waals surface area contributed by atoms with Gasteiger partial charge in [0.25, 0.3) is 5.91 Å². The molecule has 1 N–H and O–H groups in total. The second kappa shape index (κ2) is 5.13. The molecule has 1 heterocycles. The minimum Gasteiger partial charge on any atom is -0.480 e. The van der Waals surface area contributed by atoms with Gasteiger partial charge < -0.3 is 10.0 Å². The maximum atomic E-state index is 13.6. The highest BCUT2D eigenvalue weighted by Crippen LogP contribution is 2.42.